The number of ether oxygens (including phenoxy) is 1. The Bertz CT molecular complexity index is 1510. The van der Waals surface area contributed by atoms with Crippen molar-refractivity contribution in [1.29, 1.82) is 0 Å². The van der Waals surface area contributed by atoms with E-state index in [-0.39, 0.29) is 36.8 Å². The van der Waals surface area contributed by atoms with E-state index in [0.29, 0.717) is 18.4 Å². The normalized spacial score (nSPS) is 14.3. The number of ketones is 1. The average molecular weight is 547 g/mol. The quantitative estimate of drug-likeness (QED) is 0.311. The van der Waals surface area contributed by atoms with Crippen molar-refractivity contribution in [2.45, 2.75) is 38.1 Å². The van der Waals surface area contributed by atoms with Gasteiger partial charge >= 0.3 is 11.9 Å². The van der Waals surface area contributed by atoms with E-state index >= 15 is 0 Å². The Morgan fingerprint density at radius 3 is 2.49 bits per heavy atom. The zero-order valence-corrected chi connectivity index (χ0v) is 20.8. The lowest BCUT2D eigenvalue weighted by molar-refractivity contribution is -0.384. The van der Waals surface area contributed by atoms with Gasteiger partial charge in [-0.15, -0.1) is 5.10 Å². The van der Waals surface area contributed by atoms with Gasteiger partial charge in [0.05, 0.1) is 10.5 Å². The van der Waals surface area contributed by atoms with Crippen LogP contribution in [0.5, 0.6) is 5.75 Å². The molecule has 4 rings (SSSR count). The number of carbonyl (C=O) groups excluding carboxylic acids is 1. The number of para-hydroxylation sites is 1. The number of rotatable bonds is 8. The number of alkyl halides is 3. The molecule has 39 heavy (non-hydrogen) atoms. The van der Waals surface area contributed by atoms with Gasteiger partial charge in [-0.2, -0.15) is 13.2 Å². The van der Waals surface area contributed by atoms with E-state index in [9.17, 15) is 37.7 Å². The molecule has 1 fully saturated rings. The smallest absolute Gasteiger partial charge is 0.419 e. The fourth-order valence-corrected chi connectivity index (χ4v) is 4.31. The Balaban J connectivity index is 1.46. The Hall–Kier alpha value is -4.49. The van der Waals surface area contributed by atoms with Crippen LogP contribution in [0.15, 0.2) is 58.1 Å². The molecule has 0 radical (unpaired) electrons. The third-order valence-electron chi connectivity index (χ3n) is 6.30. The Morgan fingerprint density at radius 2 is 1.82 bits per heavy atom. The summed E-state index contributed by atoms with van der Waals surface area (Å²) in [5.74, 6) is -0.798. The number of hydrogen-bond acceptors (Lipinski definition) is 8. The van der Waals surface area contributed by atoms with Gasteiger partial charge in [0, 0.05) is 51.5 Å². The van der Waals surface area contributed by atoms with E-state index in [2.05, 4.69) is 5.10 Å². The molecular formula is C25H24F3N5O6. The Labute approximate surface area is 219 Å². The topological polar surface area (TPSA) is 130 Å². The Morgan fingerprint density at radius 1 is 1.13 bits per heavy atom. The van der Waals surface area contributed by atoms with Crippen LogP contribution in [0.2, 0.25) is 0 Å². The molecular weight excluding hydrogens is 523 g/mol. The molecule has 3 aromatic rings. The van der Waals surface area contributed by atoms with Gasteiger partial charge in [0.15, 0.2) is 5.78 Å². The van der Waals surface area contributed by atoms with Gasteiger partial charge in [0.2, 0.25) is 5.82 Å². The van der Waals surface area contributed by atoms with E-state index in [1.807, 2.05) is 0 Å². The van der Waals surface area contributed by atoms with Crippen LogP contribution in [-0.2, 0) is 31.0 Å². The highest BCUT2D eigenvalue weighted by molar-refractivity contribution is 5.80. The molecule has 0 amide bonds. The number of nitro benzene ring substituents is 1. The molecule has 206 valence electrons. The van der Waals surface area contributed by atoms with Crippen LogP contribution in [0.1, 0.15) is 24.0 Å². The first-order chi connectivity index (χ1) is 18.4. The number of benzene rings is 2. The fraction of sp³-hybridized carbons (Fsp3) is 0.360. The number of halogens is 3. The van der Waals surface area contributed by atoms with Gasteiger partial charge in [-0.1, -0.05) is 24.3 Å². The lowest BCUT2D eigenvalue weighted by Crippen LogP contribution is -2.47. The van der Waals surface area contributed by atoms with E-state index in [0.717, 1.165) is 15.3 Å². The number of Topliss-reactive ketones (excluding diaryl/α,β-unsaturated/α-hetero) is 1. The number of non-ortho nitro benzene ring substituents is 1. The van der Waals surface area contributed by atoms with Crippen molar-refractivity contribution in [1.82, 2.24) is 14.3 Å². The van der Waals surface area contributed by atoms with Crippen molar-refractivity contribution in [3.05, 3.63) is 90.6 Å². The summed E-state index contributed by atoms with van der Waals surface area (Å²) in [6, 6.07) is 10.5. The maximum Gasteiger partial charge on any atom is 0.419 e. The van der Waals surface area contributed by atoms with Crippen molar-refractivity contribution in [3.63, 3.8) is 0 Å². The molecule has 0 N–H and O–H groups in total. The lowest BCUT2D eigenvalue weighted by atomic mass is 10.1. The number of anilines is 1. The van der Waals surface area contributed by atoms with Crippen LogP contribution in [0.4, 0.5) is 24.7 Å². The minimum atomic E-state index is -4.56. The highest BCUT2D eigenvalue weighted by Gasteiger charge is 2.35. The molecule has 0 spiro atoms. The van der Waals surface area contributed by atoms with Crippen molar-refractivity contribution in [3.8, 4) is 5.75 Å². The van der Waals surface area contributed by atoms with Crippen molar-refractivity contribution < 1.29 is 27.6 Å². The second kappa shape index (κ2) is 11.1. The van der Waals surface area contributed by atoms with Gasteiger partial charge in [-0.05, 0) is 17.7 Å². The molecule has 1 aliphatic rings. The molecule has 0 saturated carbocycles. The standard InChI is InChI=1S/C25H24F3N5O6/c1-30-23(35)22(29-32(24(30)36)15-18(34)14-16-5-4-6-17(13-16)33(37)38)31-11-9-19(10-12-31)39-21-8-3-2-7-20(21)25(26,27)28/h2-8,13,19H,9-12,14-15H2,1H3. The summed E-state index contributed by atoms with van der Waals surface area (Å²) in [5.41, 5.74) is -2.14. The number of aromatic nitrogens is 3. The molecule has 1 aromatic heterocycles. The highest BCUT2D eigenvalue weighted by Crippen LogP contribution is 2.37. The minimum absolute atomic E-state index is 0.0746. The first-order valence-electron chi connectivity index (χ1n) is 11.9. The van der Waals surface area contributed by atoms with Crippen LogP contribution < -0.4 is 20.9 Å². The summed E-state index contributed by atoms with van der Waals surface area (Å²) in [5, 5.41) is 15.1. The van der Waals surface area contributed by atoms with Crippen LogP contribution >= 0.6 is 0 Å². The molecule has 0 bridgehead atoms. The van der Waals surface area contributed by atoms with E-state index in [1.54, 1.807) is 11.0 Å². The summed E-state index contributed by atoms with van der Waals surface area (Å²) in [6.07, 6.45) is -4.69. The first-order valence-corrected chi connectivity index (χ1v) is 11.9. The molecule has 0 aliphatic carbocycles. The van der Waals surface area contributed by atoms with E-state index < -0.39 is 46.3 Å². The van der Waals surface area contributed by atoms with Gasteiger partial charge in [-0.3, -0.25) is 24.3 Å². The molecule has 14 heteroatoms. The van der Waals surface area contributed by atoms with Gasteiger partial charge < -0.3 is 9.64 Å². The molecule has 0 atom stereocenters. The highest BCUT2D eigenvalue weighted by atomic mass is 19.4. The second-order valence-electron chi connectivity index (χ2n) is 9.07. The van der Waals surface area contributed by atoms with Gasteiger partial charge in [0.1, 0.15) is 18.4 Å². The number of carbonyl (C=O) groups is 1. The average Bonchev–Trinajstić information content (AvgIpc) is 2.89. The van der Waals surface area contributed by atoms with Crippen molar-refractivity contribution in [2.24, 2.45) is 7.05 Å². The van der Waals surface area contributed by atoms with Crippen LogP contribution in [0.3, 0.4) is 0 Å². The molecule has 11 nitrogen and oxygen atoms in total. The SMILES string of the molecule is Cn1c(=O)c(N2CCC(Oc3ccccc3C(F)(F)F)CC2)nn(CC(=O)Cc2cccc([N+](=O)[O-])c2)c1=O. The van der Waals surface area contributed by atoms with Crippen molar-refractivity contribution >= 4 is 17.3 Å². The number of nitro groups is 1. The number of piperidine rings is 1. The van der Waals surface area contributed by atoms with Crippen LogP contribution in [-0.4, -0.2) is 44.2 Å². The second-order valence-corrected chi connectivity index (χ2v) is 9.07. The number of nitrogens with zero attached hydrogens (tertiary/aromatic N) is 5. The van der Waals surface area contributed by atoms with Crippen molar-refractivity contribution in [2.75, 3.05) is 18.0 Å². The molecule has 1 aliphatic heterocycles. The van der Waals surface area contributed by atoms with Crippen LogP contribution in [0.25, 0.3) is 0 Å². The fourth-order valence-electron chi connectivity index (χ4n) is 4.31. The first kappa shape index (κ1) is 27.5. The zero-order valence-electron chi connectivity index (χ0n) is 20.8. The summed E-state index contributed by atoms with van der Waals surface area (Å²) in [6.45, 7) is -0.0156. The number of hydrogen-bond donors (Lipinski definition) is 0. The monoisotopic (exact) mass is 547 g/mol. The third kappa shape index (κ3) is 6.33. The summed E-state index contributed by atoms with van der Waals surface area (Å²) >= 11 is 0. The maximum absolute atomic E-state index is 13.3. The van der Waals surface area contributed by atoms with E-state index in [4.69, 9.17) is 4.74 Å². The van der Waals surface area contributed by atoms with Crippen LogP contribution in [0, 0.1) is 10.1 Å². The largest absolute Gasteiger partial charge is 0.490 e. The van der Waals surface area contributed by atoms with Gasteiger partial charge in [0.25, 0.3) is 11.2 Å². The third-order valence-corrected chi connectivity index (χ3v) is 6.30. The lowest BCUT2D eigenvalue weighted by Gasteiger charge is -2.33. The summed E-state index contributed by atoms with van der Waals surface area (Å²) < 4.78 is 47.2. The predicted molar refractivity (Wildman–Crippen MR) is 133 cm³/mol. The van der Waals surface area contributed by atoms with E-state index in [1.165, 1.54) is 43.4 Å². The molecule has 0 unspecified atom stereocenters. The summed E-state index contributed by atoms with van der Waals surface area (Å²) in [4.78, 5) is 50.0. The molecule has 2 heterocycles. The zero-order chi connectivity index (χ0) is 28.3. The molecule has 2 aromatic carbocycles. The maximum atomic E-state index is 13.3. The predicted octanol–water partition coefficient (Wildman–Crippen LogP) is 2.73. The van der Waals surface area contributed by atoms with Gasteiger partial charge in [-0.25, -0.2) is 9.48 Å². The Kier molecular flexibility index (Phi) is 7.83. The minimum Gasteiger partial charge on any atom is -0.490 e. The summed E-state index contributed by atoms with van der Waals surface area (Å²) in [7, 11) is 1.25. The molecule has 1 saturated heterocycles.